The first-order valence-electron chi connectivity index (χ1n) is 6.80. The zero-order chi connectivity index (χ0) is 19.9. The summed E-state index contributed by atoms with van der Waals surface area (Å²) in [5.41, 5.74) is 0.677. The number of hydrogen-bond donors (Lipinski definition) is 3. The average Bonchev–Trinajstić information content (AvgIpc) is 2.45. The number of carboxylic acid groups (broad SMARTS) is 1. The zero-order valence-corrected chi connectivity index (χ0v) is 14.6. The summed E-state index contributed by atoms with van der Waals surface area (Å²) in [5.74, 6) is -2.02. The van der Waals surface area contributed by atoms with E-state index in [1.807, 2.05) is 0 Å². The molecule has 0 aliphatic rings. The molecule has 0 saturated carbocycles. The van der Waals surface area contributed by atoms with Gasteiger partial charge in [-0.25, -0.2) is 14.4 Å². The quantitative estimate of drug-likeness (QED) is 0.388. The lowest BCUT2D eigenvalue weighted by molar-refractivity contribution is -0.160. The highest BCUT2D eigenvalue weighted by Crippen LogP contribution is 1.94. The Morgan fingerprint density at radius 2 is 1.46 bits per heavy atom. The summed E-state index contributed by atoms with van der Waals surface area (Å²) < 4.78 is 8.53. The minimum absolute atomic E-state index is 0.288. The second-order valence-corrected chi connectivity index (χ2v) is 4.30. The molecule has 2 unspecified atom stereocenters. The molecule has 138 valence electrons. The third-order valence-electron chi connectivity index (χ3n) is 1.85. The molecule has 0 spiro atoms. The number of carbonyl (C=O) groups is 3. The van der Waals surface area contributed by atoms with Gasteiger partial charge in [0.15, 0.2) is 12.6 Å². The van der Waals surface area contributed by atoms with Crippen LogP contribution in [0, 0.1) is 0 Å². The Bertz CT molecular complexity index is 461. The highest BCUT2D eigenvalue weighted by Gasteiger charge is 2.04. The van der Waals surface area contributed by atoms with E-state index < -0.39 is 30.5 Å². The SMILES string of the molecule is C/C=C(\C)C(=O)O.C=C(C)C(=O)OC(C)O.C=CC(=O)OC(C)O. The molecule has 0 radical (unpaired) electrons. The highest BCUT2D eigenvalue weighted by molar-refractivity contribution is 5.87. The number of aliphatic hydroxyl groups excluding tert-OH is 2. The fraction of sp³-hybridized carbons (Fsp3) is 0.438. The summed E-state index contributed by atoms with van der Waals surface area (Å²) in [6.07, 6.45) is 0.462. The molecule has 24 heavy (non-hydrogen) atoms. The zero-order valence-electron chi connectivity index (χ0n) is 14.6. The number of esters is 2. The fourth-order valence-corrected chi connectivity index (χ4v) is 0.595. The van der Waals surface area contributed by atoms with Gasteiger partial charge in [-0.05, 0) is 34.6 Å². The van der Waals surface area contributed by atoms with Crippen LogP contribution in [0.4, 0.5) is 0 Å². The largest absolute Gasteiger partial charge is 0.478 e. The first-order chi connectivity index (χ1) is 10.9. The van der Waals surface area contributed by atoms with E-state index in [4.69, 9.17) is 15.3 Å². The number of hydrogen-bond acceptors (Lipinski definition) is 7. The number of rotatable bonds is 5. The molecule has 0 saturated heterocycles. The maximum absolute atomic E-state index is 10.5. The van der Waals surface area contributed by atoms with Gasteiger partial charge in [-0.3, -0.25) is 0 Å². The second-order valence-electron chi connectivity index (χ2n) is 4.30. The topological polar surface area (TPSA) is 130 Å². The van der Waals surface area contributed by atoms with Crippen molar-refractivity contribution >= 4 is 17.9 Å². The Labute approximate surface area is 141 Å². The van der Waals surface area contributed by atoms with Gasteiger partial charge in [-0.2, -0.15) is 0 Å². The monoisotopic (exact) mass is 346 g/mol. The van der Waals surface area contributed by atoms with Crippen molar-refractivity contribution in [1.29, 1.82) is 0 Å². The van der Waals surface area contributed by atoms with Crippen molar-refractivity contribution in [3.8, 4) is 0 Å². The number of aliphatic hydroxyl groups is 2. The van der Waals surface area contributed by atoms with Gasteiger partial charge in [0.25, 0.3) is 0 Å². The van der Waals surface area contributed by atoms with Crippen molar-refractivity contribution in [2.24, 2.45) is 0 Å². The lowest BCUT2D eigenvalue weighted by Crippen LogP contribution is -2.13. The predicted octanol–water partition coefficient (Wildman–Crippen LogP) is 1.54. The van der Waals surface area contributed by atoms with Crippen molar-refractivity contribution in [2.75, 3.05) is 0 Å². The maximum Gasteiger partial charge on any atom is 0.335 e. The van der Waals surface area contributed by atoms with Crippen molar-refractivity contribution in [3.05, 3.63) is 36.5 Å². The van der Waals surface area contributed by atoms with Gasteiger partial charge in [-0.15, -0.1) is 0 Å². The minimum Gasteiger partial charge on any atom is -0.478 e. The third kappa shape index (κ3) is 21.8. The maximum atomic E-state index is 10.5. The molecule has 0 aliphatic heterocycles. The summed E-state index contributed by atoms with van der Waals surface area (Å²) in [6.45, 7) is 13.9. The van der Waals surface area contributed by atoms with Crippen molar-refractivity contribution in [1.82, 2.24) is 0 Å². The molecule has 0 rings (SSSR count). The number of carbonyl (C=O) groups excluding carboxylic acids is 2. The van der Waals surface area contributed by atoms with Crippen LogP contribution < -0.4 is 0 Å². The summed E-state index contributed by atoms with van der Waals surface area (Å²) in [4.78, 5) is 30.5. The molecule has 8 heteroatoms. The molecule has 3 N–H and O–H groups in total. The van der Waals surface area contributed by atoms with Crippen LogP contribution in [-0.2, 0) is 23.9 Å². The van der Waals surface area contributed by atoms with Crippen LogP contribution in [0.25, 0.3) is 0 Å². The Balaban J connectivity index is -0.000000278. The van der Waals surface area contributed by atoms with E-state index in [-0.39, 0.29) is 5.57 Å². The van der Waals surface area contributed by atoms with Crippen LogP contribution >= 0.6 is 0 Å². The van der Waals surface area contributed by atoms with Gasteiger partial charge in [0.2, 0.25) is 0 Å². The van der Waals surface area contributed by atoms with E-state index in [0.29, 0.717) is 5.57 Å². The van der Waals surface area contributed by atoms with E-state index in [1.54, 1.807) is 19.9 Å². The van der Waals surface area contributed by atoms with Crippen LogP contribution in [0.5, 0.6) is 0 Å². The standard InChI is InChI=1S/C6H10O3.C5H8O3.C5H8O2/c1-4(2)6(8)9-5(3)7;1-3-5(7)8-4(2)6;1-3-4(2)5(6)7/h5,7H,1H2,2-3H3;3-4,6H,1H2,2H3;3H,1-2H3,(H,6,7)/b;;4-3+. The Hall–Kier alpha value is -2.45. The van der Waals surface area contributed by atoms with Gasteiger partial charge in [-0.1, -0.05) is 19.2 Å². The average molecular weight is 346 g/mol. The summed E-state index contributed by atoms with van der Waals surface area (Å²) in [6, 6.07) is 0. The predicted molar refractivity (Wildman–Crippen MR) is 87.6 cm³/mol. The van der Waals surface area contributed by atoms with E-state index in [0.717, 1.165) is 6.08 Å². The van der Waals surface area contributed by atoms with E-state index in [1.165, 1.54) is 20.8 Å². The lowest BCUT2D eigenvalue weighted by Gasteiger charge is -2.04. The molecule has 0 fully saturated rings. The fourth-order valence-electron chi connectivity index (χ4n) is 0.595. The van der Waals surface area contributed by atoms with Gasteiger partial charge in [0.05, 0.1) is 0 Å². The van der Waals surface area contributed by atoms with Gasteiger partial charge >= 0.3 is 17.9 Å². The lowest BCUT2D eigenvalue weighted by atomic mass is 10.3. The molecule has 0 aromatic carbocycles. The van der Waals surface area contributed by atoms with E-state index >= 15 is 0 Å². The van der Waals surface area contributed by atoms with Crippen LogP contribution in [0.3, 0.4) is 0 Å². The minimum atomic E-state index is -1.05. The highest BCUT2D eigenvalue weighted by atomic mass is 16.6. The first kappa shape index (κ1) is 26.4. The molecular formula is C16H26O8. The Morgan fingerprint density at radius 3 is 1.54 bits per heavy atom. The van der Waals surface area contributed by atoms with Crippen molar-refractivity contribution < 1.29 is 39.2 Å². The molecule has 0 amide bonds. The Kier molecular flexibility index (Phi) is 17.0. The molecule has 0 aliphatic carbocycles. The molecule has 0 bridgehead atoms. The molecular weight excluding hydrogens is 320 g/mol. The summed E-state index contributed by atoms with van der Waals surface area (Å²) in [5, 5.41) is 25.0. The number of allylic oxidation sites excluding steroid dienone is 1. The van der Waals surface area contributed by atoms with E-state index in [9.17, 15) is 14.4 Å². The number of ether oxygens (including phenoxy) is 2. The molecule has 0 heterocycles. The van der Waals surface area contributed by atoms with E-state index in [2.05, 4.69) is 22.6 Å². The van der Waals surface area contributed by atoms with Gasteiger partial charge in [0, 0.05) is 17.2 Å². The molecule has 0 aromatic heterocycles. The summed E-state index contributed by atoms with van der Waals surface area (Å²) in [7, 11) is 0. The van der Waals surface area contributed by atoms with Crippen LogP contribution in [0.1, 0.15) is 34.6 Å². The smallest absolute Gasteiger partial charge is 0.335 e. The Morgan fingerprint density at radius 1 is 1.04 bits per heavy atom. The van der Waals surface area contributed by atoms with Crippen molar-refractivity contribution in [3.63, 3.8) is 0 Å². The number of aliphatic carboxylic acids is 1. The number of carboxylic acids is 1. The van der Waals surface area contributed by atoms with Crippen molar-refractivity contribution in [2.45, 2.75) is 47.2 Å². The molecule has 8 nitrogen and oxygen atoms in total. The third-order valence-corrected chi connectivity index (χ3v) is 1.85. The van der Waals surface area contributed by atoms with Crippen LogP contribution in [0.2, 0.25) is 0 Å². The van der Waals surface area contributed by atoms with Gasteiger partial charge in [0.1, 0.15) is 0 Å². The van der Waals surface area contributed by atoms with Crippen LogP contribution in [-0.4, -0.2) is 45.8 Å². The normalized spacial score (nSPS) is 12.0. The van der Waals surface area contributed by atoms with Gasteiger partial charge < -0.3 is 24.8 Å². The first-order valence-corrected chi connectivity index (χ1v) is 6.80. The second kappa shape index (κ2) is 15.4. The molecule has 2 atom stereocenters. The van der Waals surface area contributed by atoms with Crippen LogP contribution in [0.15, 0.2) is 36.5 Å². The summed E-state index contributed by atoms with van der Waals surface area (Å²) >= 11 is 0. The molecule has 0 aromatic rings.